The van der Waals surface area contributed by atoms with Crippen LogP contribution in [0.3, 0.4) is 0 Å². The maximum absolute atomic E-state index is 6.11. The van der Waals surface area contributed by atoms with E-state index in [1.165, 1.54) is 11.5 Å². The summed E-state index contributed by atoms with van der Waals surface area (Å²) in [7, 11) is 1.66. The summed E-state index contributed by atoms with van der Waals surface area (Å²) in [4.78, 5) is 6.96. The van der Waals surface area contributed by atoms with Crippen LogP contribution < -0.4 is 10.5 Å². The molecule has 1 aromatic carbocycles. The number of ether oxygens (including phenoxy) is 1. The summed E-state index contributed by atoms with van der Waals surface area (Å²) in [6.07, 6.45) is 0. The van der Waals surface area contributed by atoms with Crippen molar-refractivity contribution >= 4 is 28.5 Å². The Hall–Kier alpha value is -1.46. The molecular formula is C15H19N3OS. The third-order valence-electron chi connectivity index (χ3n) is 3.63. The number of aromatic nitrogens is 1. The molecule has 0 radical (unpaired) electrons. The molecule has 2 N–H and O–H groups in total. The molecule has 4 nitrogen and oxygen atoms in total. The highest BCUT2D eigenvalue weighted by Crippen LogP contribution is 2.24. The van der Waals surface area contributed by atoms with E-state index in [1.54, 1.807) is 7.11 Å². The van der Waals surface area contributed by atoms with Crippen LogP contribution in [-0.2, 0) is 6.54 Å². The fourth-order valence-electron chi connectivity index (χ4n) is 2.46. The van der Waals surface area contributed by atoms with Crippen LogP contribution in [-0.4, -0.2) is 41.6 Å². The number of rotatable bonds is 3. The molecule has 1 aromatic heterocycles. The summed E-state index contributed by atoms with van der Waals surface area (Å²) in [5.74, 6) is 3.85. The predicted molar refractivity (Wildman–Crippen MR) is 85.3 cm³/mol. The molecule has 1 saturated heterocycles. The number of fused-ring (bicyclic) bond motifs is 1. The van der Waals surface area contributed by atoms with Crippen molar-refractivity contribution in [1.82, 2.24) is 9.88 Å². The molecule has 20 heavy (non-hydrogen) atoms. The number of hydrogen-bond acceptors (Lipinski definition) is 5. The fraction of sp³-hybridized carbons (Fsp3) is 0.400. The van der Waals surface area contributed by atoms with Crippen LogP contribution in [0.2, 0.25) is 0 Å². The first-order valence-corrected chi connectivity index (χ1v) is 7.95. The standard InChI is InChI=1S/C15H19N3OS/c1-19-13-3-2-11-8-12(15(16)17-14(11)9-13)10-18-4-6-20-7-5-18/h2-3,8-9H,4-7,10H2,1H3,(H2,16,17). The van der Waals surface area contributed by atoms with Crippen LogP contribution in [0.5, 0.6) is 5.75 Å². The van der Waals surface area contributed by atoms with Crippen LogP contribution in [0, 0.1) is 0 Å². The smallest absolute Gasteiger partial charge is 0.128 e. The van der Waals surface area contributed by atoms with E-state index in [1.807, 2.05) is 30.0 Å². The van der Waals surface area contributed by atoms with Gasteiger partial charge in [0, 0.05) is 48.2 Å². The highest BCUT2D eigenvalue weighted by atomic mass is 32.2. The number of hydrogen-bond donors (Lipinski definition) is 1. The molecule has 0 bridgehead atoms. The van der Waals surface area contributed by atoms with Gasteiger partial charge in [0.15, 0.2) is 0 Å². The summed E-state index contributed by atoms with van der Waals surface area (Å²) in [6, 6.07) is 8.07. The van der Waals surface area contributed by atoms with Gasteiger partial charge in [0.1, 0.15) is 11.6 Å². The number of nitrogens with zero attached hydrogens (tertiary/aromatic N) is 2. The Morgan fingerprint density at radius 3 is 2.85 bits per heavy atom. The zero-order valence-corrected chi connectivity index (χ0v) is 12.4. The van der Waals surface area contributed by atoms with Crippen molar-refractivity contribution < 1.29 is 4.74 Å². The molecule has 0 spiro atoms. The molecule has 1 aliphatic heterocycles. The number of pyridine rings is 1. The quantitative estimate of drug-likeness (QED) is 0.940. The maximum atomic E-state index is 6.11. The van der Waals surface area contributed by atoms with Crippen molar-refractivity contribution in [2.24, 2.45) is 0 Å². The number of nitrogens with two attached hydrogens (primary N) is 1. The lowest BCUT2D eigenvalue weighted by Crippen LogP contribution is -2.32. The van der Waals surface area contributed by atoms with Crippen molar-refractivity contribution in [1.29, 1.82) is 0 Å². The van der Waals surface area contributed by atoms with Crippen LogP contribution in [0.15, 0.2) is 24.3 Å². The Labute approximate surface area is 123 Å². The summed E-state index contributed by atoms with van der Waals surface area (Å²) in [6.45, 7) is 3.15. The second-order valence-corrected chi connectivity index (χ2v) is 6.20. The number of anilines is 1. The first-order chi connectivity index (χ1) is 9.76. The third-order valence-corrected chi connectivity index (χ3v) is 4.58. The van der Waals surface area contributed by atoms with Gasteiger partial charge in [-0.1, -0.05) is 0 Å². The Morgan fingerprint density at radius 2 is 2.10 bits per heavy atom. The van der Waals surface area contributed by atoms with E-state index >= 15 is 0 Å². The van der Waals surface area contributed by atoms with Crippen LogP contribution in [0.25, 0.3) is 10.9 Å². The Morgan fingerprint density at radius 1 is 1.30 bits per heavy atom. The van der Waals surface area contributed by atoms with Gasteiger partial charge in [0.25, 0.3) is 0 Å². The van der Waals surface area contributed by atoms with Gasteiger partial charge in [-0.25, -0.2) is 4.98 Å². The monoisotopic (exact) mass is 289 g/mol. The first kappa shape index (κ1) is 13.5. The van der Waals surface area contributed by atoms with Crippen molar-refractivity contribution in [3.63, 3.8) is 0 Å². The first-order valence-electron chi connectivity index (χ1n) is 6.79. The molecular weight excluding hydrogens is 270 g/mol. The van der Waals surface area contributed by atoms with E-state index in [0.717, 1.165) is 41.9 Å². The average molecular weight is 289 g/mol. The number of thioether (sulfide) groups is 1. The van der Waals surface area contributed by atoms with Crippen LogP contribution in [0.4, 0.5) is 5.82 Å². The van der Waals surface area contributed by atoms with E-state index in [0.29, 0.717) is 5.82 Å². The van der Waals surface area contributed by atoms with Gasteiger partial charge in [-0.15, -0.1) is 0 Å². The predicted octanol–water partition coefficient (Wildman–Crippen LogP) is 2.37. The maximum Gasteiger partial charge on any atom is 0.128 e. The largest absolute Gasteiger partial charge is 0.497 e. The van der Waals surface area contributed by atoms with E-state index in [9.17, 15) is 0 Å². The molecule has 3 rings (SSSR count). The zero-order chi connectivity index (χ0) is 13.9. The fourth-order valence-corrected chi connectivity index (χ4v) is 3.44. The highest BCUT2D eigenvalue weighted by Gasteiger charge is 2.13. The SMILES string of the molecule is COc1ccc2cc(CN3CCSCC3)c(N)nc2c1. The molecule has 0 amide bonds. The minimum atomic E-state index is 0.629. The Balaban J connectivity index is 1.89. The summed E-state index contributed by atoms with van der Waals surface area (Å²) < 4.78 is 5.22. The van der Waals surface area contributed by atoms with E-state index in [-0.39, 0.29) is 0 Å². The molecule has 0 atom stereocenters. The zero-order valence-electron chi connectivity index (χ0n) is 11.6. The van der Waals surface area contributed by atoms with Crippen LogP contribution in [0.1, 0.15) is 5.56 Å². The lowest BCUT2D eigenvalue weighted by atomic mass is 10.1. The second-order valence-electron chi connectivity index (χ2n) is 4.98. The Kier molecular flexibility index (Phi) is 3.98. The summed E-state index contributed by atoms with van der Waals surface area (Å²) in [5.41, 5.74) is 8.12. The normalized spacial score (nSPS) is 16.4. The highest BCUT2D eigenvalue weighted by molar-refractivity contribution is 7.99. The lowest BCUT2D eigenvalue weighted by Gasteiger charge is -2.26. The molecule has 2 heterocycles. The molecule has 1 fully saturated rings. The number of benzene rings is 1. The number of nitrogen functional groups attached to an aromatic ring is 1. The van der Waals surface area contributed by atoms with Gasteiger partial charge in [-0.2, -0.15) is 11.8 Å². The lowest BCUT2D eigenvalue weighted by molar-refractivity contribution is 0.295. The minimum absolute atomic E-state index is 0.629. The topological polar surface area (TPSA) is 51.4 Å². The van der Waals surface area contributed by atoms with Gasteiger partial charge >= 0.3 is 0 Å². The minimum Gasteiger partial charge on any atom is -0.497 e. The molecule has 2 aromatic rings. The van der Waals surface area contributed by atoms with E-state index in [2.05, 4.69) is 16.0 Å². The van der Waals surface area contributed by atoms with Crippen molar-refractivity contribution in [2.75, 3.05) is 37.4 Å². The Bertz CT molecular complexity index is 611. The second kappa shape index (κ2) is 5.89. The average Bonchev–Trinajstić information content (AvgIpc) is 2.48. The third kappa shape index (κ3) is 2.83. The van der Waals surface area contributed by atoms with Gasteiger partial charge in [0.05, 0.1) is 12.6 Å². The molecule has 5 heteroatoms. The summed E-state index contributed by atoms with van der Waals surface area (Å²) in [5, 5.41) is 1.11. The van der Waals surface area contributed by atoms with Crippen molar-refractivity contribution in [2.45, 2.75) is 6.54 Å². The number of methoxy groups -OCH3 is 1. The van der Waals surface area contributed by atoms with Gasteiger partial charge in [-0.3, -0.25) is 4.90 Å². The molecule has 106 valence electrons. The molecule has 1 aliphatic rings. The van der Waals surface area contributed by atoms with Crippen LogP contribution >= 0.6 is 11.8 Å². The van der Waals surface area contributed by atoms with Crippen molar-refractivity contribution in [3.8, 4) is 5.75 Å². The van der Waals surface area contributed by atoms with E-state index < -0.39 is 0 Å². The van der Waals surface area contributed by atoms with Crippen molar-refractivity contribution in [3.05, 3.63) is 29.8 Å². The molecule has 0 aliphatic carbocycles. The molecule has 0 unspecified atom stereocenters. The summed E-state index contributed by atoms with van der Waals surface area (Å²) >= 11 is 2.02. The van der Waals surface area contributed by atoms with Gasteiger partial charge in [-0.05, 0) is 18.2 Å². The van der Waals surface area contributed by atoms with Gasteiger partial charge in [0.2, 0.25) is 0 Å². The van der Waals surface area contributed by atoms with E-state index in [4.69, 9.17) is 10.5 Å². The molecule has 0 saturated carbocycles. The van der Waals surface area contributed by atoms with Gasteiger partial charge < -0.3 is 10.5 Å².